The molecule has 0 aromatic heterocycles. The molecule has 3 saturated heterocycles. The number of ether oxygens (including phenoxy) is 3. The van der Waals surface area contributed by atoms with Crippen LogP contribution in [0.2, 0.25) is 0 Å². The number of aliphatic hydroxyl groups is 3. The SMILES string of the molecule is CC=C(C)C(=O)O[C@H]1CC2C(O)C3C(=O)CC(CO)OC3C(C3CCCC(O)C3)C2O[C@@]1(C)CCC1CCC(N)NC1. The predicted molar refractivity (Wildman–Crippen MR) is 155 cm³/mol. The Morgan fingerprint density at radius 1 is 1.19 bits per heavy atom. The monoisotopic (exact) mass is 592 g/mol. The first-order chi connectivity index (χ1) is 20.0. The Hall–Kier alpha value is -1.40. The minimum atomic E-state index is -1.02. The average molecular weight is 593 g/mol. The van der Waals surface area contributed by atoms with E-state index in [4.69, 9.17) is 19.9 Å². The van der Waals surface area contributed by atoms with Gasteiger partial charge in [0.1, 0.15) is 17.5 Å². The topological polar surface area (TPSA) is 161 Å². The number of piperidine rings is 1. The van der Waals surface area contributed by atoms with Crippen molar-refractivity contribution in [2.75, 3.05) is 13.2 Å². The normalized spacial score (nSPS) is 46.5. The van der Waals surface area contributed by atoms with Crippen molar-refractivity contribution in [2.45, 2.75) is 133 Å². The Morgan fingerprint density at radius 3 is 2.64 bits per heavy atom. The molecule has 0 aromatic rings. The van der Waals surface area contributed by atoms with Gasteiger partial charge in [0.2, 0.25) is 0 Å². The van der Waals surface area contributed by atoms with Gasteiger partial charge in [0.25, 0.3) is 0 Å². The number of rotatable bonds is 7. The van der Waals surface area contributed by atoms with Crippen molar-refractivity contribution in [1.29, 1.82) is 0 Å². The van der Waals surface area contributed by atoms with E-state index in [1.165, 1.54) is 0 Å². The molecule has 3 aliphatic heterocycles. The summed E-state index contributed by atoms with van der Waals surface area (Å²) in [4.78, 5) is 26.5. The van der Waals surface area contributed by atoms with E-state index in [0.717, 1.165) is 45.1 Å². The van der Waals surface area contributed by atoms with Crippen LogP contribution >= 0.6 is 0 Å². The van der Waals surface area contributed by atoms with E-state index in [-0.39, 0.29) is 36.8 Å². The van der Waals surface area contributed by atoms with Crippen LogP contribution in [0.3, 0.4) is 0 Å². The fourth-order valence-electron chi connectivity index (χ4n) is 8.47. The Labute approximate surface area is 249 Å². The minimum absolute atomic E-state index is 0.0188. The van der Waals surface area contributed by atoms with E-state index in [1.54, 1.807) is 19.9 Å². The number of nitrogens with two attached hydrogens (primary N) is 1. The molecule has 13 atom stereocenters. The van der Waals surface area contributed by atoms with Crippen molar-refractivity contribution in [3.8, 4) is 0 Å². The van der Waals surface area contributed by atoms with Gasteiger partial charge in [-0.1, -0.05) is 12.5 Å². The van der Waals surface area contributed by atoms with Gasteiger partial charge in [-0.25, -0.2) is 4.79 Å². The van der Waals surface area contributed by atoms with Crippen LogP contribution in [0.4, 0.5) is 0 Å². The molecule has 10 heteroatoms. The van der Waals surface area contributed by atoms with Gasteiger partial charge < -0.3 is 40.6 Å². The van der Waals surface area contributed by atoms with Crippen LogP contribution in [0.5, 0.6) is 0 Å². The van der Waals surface area contributed by atoms with Gasteiger partial charge in [0, 0.05) is 23.8 Å². The van der Waals surface area contributed by atoms with Gasteiger partial charge >= 0.3 is 5.97 Å². The number of carbonyl (C=O) groups is 2. The summed E-state index contributed by atoms with van der Waals surface area (Å²) in [5.41, 5.74) is 5.74. The first-order valence-corrected chi connectivity index (χ1v) is 16.2. The molecule has 238 valence electrons. The van der Waals surface area contributed by atoms with E-state index < -0.39 is 60.0 Å². The predicted octanol–water partition coefficient (Wildman–Crippen LogP) is 1.97. The van der Waals surface area contributed by atoms with Gasteiger partial charge in [-0.3, -0.25) is 4.79 Å². The second-order valence-corrected chi connectivity index (χ2v) is 13.9. The molecule has 0 spiro atoms. The molecular weight excluding hydrogens is 540 g/mol. The van der Waals surface area contributed by atoms with Gasteiger partial charge in [-0.2, -0.15) is 0 Å². The smallest absolute Gasteiger partial charge is 0.333 e. The molecule has 3 heterocycles. The molecule has 5 aliphatic rings. The molecule has 5 fully saturated rings. The van der Waals surface area contributed by atoms with Crippen LogP contribution in [0.1, 0.15) is 85.0 Å². The lowest BCUT2D eigenvalue weighted by Crippen LogP contribution is -2.69. The average Bonchev–Trinajstić information content (AvgIpc) is 2.97. The molecule has 0 radical (unpaired) electrons. The maximum absolute atomic E-state index is 13.4. The molecule has 42 heavy (non-hydrogen) atoms. The van der Waals surface area contributed by atoms with Gasteiger partial charge in [0.15, 0.2) is 0 Å². The second-order valence-electron chi connectivity index (χ2n) is 13.9. The standard InChI is InChI=1S/C32H52N2O8/c1-4-17(2)31(39)41-24-14-22-28(38)27-23(37)13-21(16-35)40-30(27)26(19-6-5-7-20(36)12-19)29(22)42-32(24,3)11-10-18-8-9-25(33)34-15-18/h4,18-22,24-30,34-36,38H,5-16,33H2,1-3H3/t18?,19?,20?,21?,22?,24-,25?,26?,27?,28?,29?,30?,32-/m0/s1. The zero-order valence-corrected chi connectivity index (χ0v) is 25.5. The molecule has 0 bridgehead atoms. The highest BCUT2D eigenvalue weighted by Gasteiger charge is 2.62. The number of hydrogen-bond acceptors (Lipinski definition) is 10. The Balaban J connectivity index is 1.47. The van der Waals surface area contributed by atoms with Gasteiger partial charge in [-0.05, 0) is 90.5 Å². The third kappa shape index (κ3) is 6.50. The van der Waals surface area contributed by atoms with Crippen LogP contribution in [0.15, 0.2) is 11.6 Å². The second kappa shape index (κ2) is 13.3. The van der Waals surface area contributed by atoms with E-state index in [9.17, 15) is 24.9 Å². The molecule has 0 amide bonds. The van der Waals surface area contributed by atoms with Crippen LogP contribution in [-0.4, -0.2) is 88.6 Å². The maximum atomic E-state index is 13.4. The number of fused-ring (bicyclic) bond motifs is 2. The first kappa shape index (κ1) is 32.0. The number of ketones is 1. The summed E-state index contributed by atoms with van der Waals surface area (Å²) in [6, 6.07) is 0. The summed E-state index contributed by atoms with van der Waals surface area (Å²) < 4.78 is 19.6. The van der Waals surface area contributed by atoms with Gasteiger partial charge in [0.05, 0.1) is 49.2 Å². The largest absolute Gasteiger partial charge is 0.456 e. The molecule has 0 aromatic carbocycles. The molecule has 2 saturated carbocycles. The molecule has 5 rings (SSSR count). The molecule has 11 unspecified atom stereocenters. The lowest BCUT2D eigenvalue weighted by Gasteiger charge is -2.59. The van der Waals surface area contributed by atoms with Crippen LogP contribution in [0, 0.1) is 29.6 Å². The van der Waals surface area contributed by atoms with Crippen molar-refractivity contribution >= 4 is 11.8 Å². The zero-order chi connectivity index (χ0) is 30.2. The number of allylic oxidation sites excluding steroid dienone is 1. The van der Waals surface area contributed by atoms with E-state index >= 15 is 0 Å². The number of Topliss-reactive ketones (excluding diaryl/α,β-unsaturated/α-hetero) is 1. The summed E-state index contributed by atoms with van der Waals surface area (Å²) in [7, 11) is 0. The van der Waals surface area contributed by atoms with E-state index in [2.05, 4.69) is 5.32 Å². The number of nitrogens with one attached hydrogen (secondary N) is 1. The molecular formula is C32H52N2O8. The summed E-state index contributed by atoms with van der Waals surface area (Å²) in [6.45, 7) is 6.10. The lowest BCUT2D eigenvalue weighted by atomic mass is 9.58. The van der Waals surface area contributed by atoms with Crippen molar-refractivity contribution in [3.05, 3.63) is 11.6 Å². The van der Waals surface area contributed by atoms with Crippen molar-refractivity contribution in [3.63, 3.8) is 0 Å². The Morgan fingerprint density at radius 2 is 1.98 bits per heavy atom. The maximum Gasteiger partial charge on any atom is 0.333 e. The van der Waals surface area contributed by atoms with Crippen LogP contribution in [0.25, 0.3) is 0 Å². The number of aliphatic hydroxyl groups excluding tert-OH is 3. The third-order valence-electron chi connectivity index (χ3n) is 11.1. The fourth-order valence-corrected chi connectivity index (χ4v) is 8.47. The highest BCUT2D eigenvalue weighted by atomic mass is 16.6. The fraction of sp³-hybridized carbons (Fsp3) is 0.875. The highest BCUT2D eigenvalue weighted by molar-refractivity contribution is 5.87. The lowest BCUT2D eigenvalue weighted by molar-refractivity contribution is -0.292. The summed E-state index contributed by atoms with van der Waals surface area (Å²) >= 11 is 0. The molecule has 6 N–H and O–H groups in total. The van der Waals surface area contributed by atoms with Crippen molar-refractivity contribution in [1.82, 2.24) is 5.32 Å². The zero-order valence-electron chi connectivity index (χ0n) is 25.5. The quantitative estimate of drug-likeness (QED) is 0.218. The Bertz CT molecular complexity index is 999. The number of carbonyl (C=O) groups excluding carboxylic acids is 2. The van der Waals surface area contributed by atoms with Crippen molar-refractivity contribution < 1.29 is 39.1 Å². The Kier molecular flexibility index (Phi) is 10.1. The molecule has 10 nitrogen and oxygen atoms in total. The highest BCUT2D eigenvalue weighted by Crippen LogP contribution is 2.53. The van der Waals surface area contributed by atoms with Crippen LogP contribution < -0.4 is 11.1 Å². The van der Waals surface area contributed by atoms with E-state index in [1.807, 2.05) is 6.92 Å². The summed E-state index contributed by atoms with van der Waals surface area (Å²) in [5.74, 6) is -1.45. The first-order valence-electron chi connectivity index (χ1n) is 16.2. The van der Waals surface area contributed by atoms with Gasteiger partial charge in [-0.15, -0.1) is 0 Å². The summed E-state index contributed by atoms with van der Waals surface area (Å²) in [6.07, 6.45) is 4.99. The van der Waals surface area contributed by atoms with Crippen LogP contribution in [-0.2, 0) is 23.8 Å². The molecule has 2 aliphatic carbocycles. The van der Waals surface area contributed by atoms with Crippen molar-refractivity contribution in [2.24, 2.45) is 35.3 Å². The minimum Gasteiger partial charge on any atom is -0.456 e. The third-order valence-corrected chi connectivity index (χ3v) is 11.1. The van der Waals surface area contributed by atoms with E-state index in [0.29, 0.717) is 30.8 Å². The number of hydrogen-bond donors (Lipinski definition) is 5. The number of esters is 1. The summed E-state index contributed by atoms with van der Waals surface area (Å²) in [5, 5.41) is 35.7.